The standard InChI is InChI=1S/C20H20N4O3/c21-10-14-18(12-3-5-13(25)6-4-12)15-11-24(8-7-16(15)23-19(14)22)20(26)17-2-1-9-27-17/h3-6,17,25H,1-2,7-9,11H2,(H2,22,23)/t17-/m0/s1. The molecule has 0 saturated carbocycles. The van der Waals surface area contributed by atoms with Crippen LogP contribution in [0.15, 0.2) is 24.3 Å². The molecule has 2 aromatic rings. The average Bonchev–Trinajstić information content (AvgIpc) is 3.21. The smallest absolute Gasteiger partial charge is 0.252 e. The maximum Gasteiger partial charge on any atom is 0.252 e. The lowest BCUT2D eigenvalue weighted by molar-refractivity contribution is -0.141. The van der Waals surface area contributed by atoms with Gasteiger partial charge in [0.25, 0.3) is 5.91 Å². The quantitative estimate of drug-likeness (QED) is 0.842. The summed E-state index contributed by atoms with van der Waals surface area (Å²) in [6.45, 7) is 1.54. The van der Waals surface area contributed by atoms with Gasteiger partial charge in [0.05, 0.1) is 5.69 Å². The Kier molecular flexibility index (Phi) is 4.42. The number of nitrogen functional groups attached to an aromatic ring is 1. The second kappa shape index (κ2) is 6.89. The molecule has 27 heavy (non-hydrogen) atoms. The van der Waals surface area contributed by atoms with Gasteiger partial charge in [-0.3, -0.25) is 4.79 Å². The first kappa shape index (κ1) is 17.3. The number of benzene rings is 1. The number of amides is 1. The summed E-state index contributed by atoms with van der Waals surface area (Å²) in [6, 6.07) is 8.77. The zero-order valence-corrected chi connectivity index (χ0v) is 14.8. The Balaban J connectivity index is 1.78. The Hall–Kier alpha value is -3.11. The molecule has 1 aromatic heterocycles. The van der Waals surface area contributed by atoms with Crippen molar-refractivity contribution in [3.8, 4) is 22.9 Å². The van der Waals surface area contributed by atoms with Crippen molar-refractivity contribution in [2.75, 3.05) is 18.9 Å². The maximum atomic E-state index is 12.8. The number of pyridine rings is 1. The molecule has 1 atom stereocenters. The molecule has 3 heterocycles. The molecule has 7 nitrogen and oxygen atoms in total. The van der Waals surface area contributed by atoms with Crippen LogP contribution < -0.4 is 5.73 Å². The number of hydrogen-bond donors (Lipinski definition) is 2. The molecular formula is C20H20N4O3. The van der Waals surface area contributed by atoms with Gasteiger partial charge in [0.15, 0.2) is 0 Å². The minimum atomic E-state index is -0.374. The number of anilines is 1. The minimum absolute atomic E-state index is 0.00913. The third-order valence-corrected chi connectivity index (χ3v) is 5.16. The first-order valence-electron chi connectivity index (χ1n) is 8.99. The lowest BCUT2D eigenvalue weighted by Gasteiger charge is -2.32. The summed E-state index contributed by atoms with van der Waals surface area (Å²) >= 11 is 0. The van der Waals surface area contributed by atoms with Crippen LogP contribution in [0.5, 0.6) is 5.75 Å². The van der Waals surface area contributed by atoms with Crippen molar-refractivity contribution in [3.05, 3.63) is 41.1 Å². The second-order valence-corrected chi connectivity index (χ2v) is 6.84. The molecule has 2 aliphatic heterocycles. The molecule has 4 rings (SSSR count). The van der Waals surface area contributed by atoms with Gasteiger partial charge < -0.3 is 20.5 Å². The van der Waals surface area contributed by atoms with Gasteiger partial charge in [-0.15, -0.1) is 0 Å². The fraction of sp³-hybridized carbons (Fsp3) is 0.350. The number of phenolic OH excluding ortho intramolecular Hbond substituents is 1. The van der Waals surface area contributed by atoms with Gasteiger partial charge in [-0.25, -0.2) is 4.98 Å². The maximum absolute atomic E-state index is 12.8. The second-order valence-electron chi connectivity index (χ2n) is 6.84. The van der Waals surface area contributed by atoms with Crippen molar-refractivity contribution in [2.45, 2.75) is 31.9 Å². The van der Waals surface area contributed by atoms with Crippen molar-refractivity contribution in [3.63, 3.8) is 0 Å². The number of hydrogen-bond acceptors (Lipinski definition) is 6. The molecule has 0 unspecified atom stereocenters. The lowest BCUT2D eigenvalue weighted by atomic mass is 9.91. The summed E-state index contributed by atoms with van der Waals surface area (Å²) in [4.78, 5) is 19.0. The summed E-state index contributed by atoms with van der Waals surface area (Å²) in [5.74, 6) is 0.326. The zero-order chi connectivity index (χ0) is 19.0. The zero-order valence-electron chi connectivity index (χ0n) is 14.8. The monoisotopic (exact) mass is 364 g/mol. The Morgan fingerprint density at radius 1 is 1.37 bits per heavy atom. The molecule has 0 aliphatic carbocycles. The van der Waals surface area contributed by atoms with Crippen LogP contribution in [0.2, 0.25) is 0 Å². The topological polar surface area (TPSA) is 112 Å². The van der Waals surface area contributed by atoms with Crippen LogP contribution in [0.25, 0.3) is 11.1 Å². The van der Waals surface area contributed by atoms with Gasteiger partial charge in [-0.05, 0) is 30.5 Å². The number of carbonyl (C=O) groups excluding carboxylic acids is 1. The van der Waals surface area contributed by atoms with Gasteiger partial charge in [0, 0.05) is 37.2 Å². The van der Waals surface area contributed by atoms with E-state index in [0.717, 1.165) is 29.7 Å². The molecule has 0 spiro atoms. The van der Waals surface area contributed by atoms with Gasteiger partial charge in [0.1, 0.15) is 29.3 Å². The van der Waals surface area contributed by atoms with E-state index in [9.17, 15) is 15.2 Å². The average molecular weight is 364 g/mol. The molecule has 1 fully saturated rings. The van der Waals surface area contributed by atoms with E-state index < -0.39 is 0 Å². The number of aromatic nitrogens is 1. The SMILES string of the molecule is N#Cc1c(N)nc2c(c1-c1ccc(O)cc1)CN(C(=O)[C@@H]1CCCO1)CC2. The summed E-state index contributed by atoms with van der Waals surface area (Å²) in [5, 5.41) is 19.2. The van der Waals surface area contributed by atoms with E-state index in [1.165, 1.54) is 0 Å². The van der Waals surface area contributed by atoms with Crippen LogP contribution in [-0.2, 0) is 22.5 Å². The number of nitrogens with two attached hydrogens (primary N) is 1. The minimum Gasteiger partial charge on any atom is -0.508 e. The highest BCUT2D eigenvalue weighted by Gasteiger charge is 2.32. The fourth-order valence-corrected chi connectivity index (χ4v) is 3.80. The molecular weight excluding hydrogens is 344 g/mol. The van der Waals surface area contributed by atoms with Crippen LogP contribution in [0, 0.1) is 11.3 Å². The van der Waals surface area contributed by atoms with E-state index in [-0.39, 0.29) is 23.6 Å². The van der Waals surface area contributed by atoms with Gasteiger partial charge in [-0.2, -0.15) is 5.26 Å². The number of ether oxygens (including phenoxy) is 1. The van der Waals surface area contributed by atoms with Gasteiger partial charge in [-0.1, -0.05) is 12.1 Å². The first-order chi connectivity index (χ1) is 13.1. The van der Waals surface area contributed by atoms with Crippen molar-refractivity contribution >= 4 is 11.7 Å². The first-order valence-corrected chi connectivity index (χ1v) is 8.99. The normalized spacial score (nSPS) is 18.8. The molecule has 0 bridgehead atoms. The van der Waals surface area contributed by atoms with Crippen molar-refractivity contribution in [2.24, 2.45) is 0 Å². The summed E-state index contributed by atoms with van der Waals surface area (Å²) in [7, 11) is 0. The number of carbonyl (C=O) groups is 1. The van der Waals surface area contributed by atoms with Crippen LogP contribution in [0.4, 0.5) is 5.82 Å². The molecule has 1 amide bonds. The van der Waals surface area contributed by atoms with Gasteiger partial charge in [0.2, 0.25) is 0 Å². The van der Waals surface area contributed by atoms with Crippen molar-refractivity contribution < 1.29 is 14.6 Å². The number of rotatable bonds is 2. The number of aromatic hydroxyl groups is 1. The van der Waals surface area contributed by atoms with Crippen LogP contribution >= 0.6 is 0 Å². The van der Waals surface area contributed by atoms with Crippen LogP contribution in [-0.4, -0.2) is 40.2 Å². The summed E-state index contributed by atoms with van der Waals surface area (Å²) in [6.07, 6.45) is 1.85. The number of fused-ring (bicyclic) bond motifs is 1. The van der Waals surface area contributed by atoms with E-state index in [2.05, 4.69) is 11.1 Å². The predicted molar refractivity (Wildman–Crippen MR) is 98.6 cm³/mol. The van der Waals surface area contributed by atoms with E-state index in [1.807, 2.05) is 0 Å². The number of phenols is 1. The molecule has 3 N–H and O–H groups in total. The molecule has 2 aliphatic rings. The van der Waals surface area contributed by atoms with E-state index in [1.54, 1.807) is 29.2 Å². The third-order valence-electron chi connectivity index (χ3n) is 5.16. The van der Waals surface area contributed by atoms with Crippen molar-refractivity contribution in [1.29, 1.82) is 5.26 Å². The molecule has 7 heteroatoms. The van der Waals surface area contributed by atoms with E-state index in [0.29, 0.717) is 37.2 Å². The highest BCUT2D eigenvalue weighted by Crippen LogP contribution is 2.36. The number of nitriles is 1. The number of nitrogens with zero attached hydrogens (tertiary/aromatic N) is 3. The fourth-order valence-electron chi connectivity index (χ4n) is 3.80. The van der Waals surface area contributed by atoms with Crippen LogP contribution in [0.3, 0.4) is 0 Å². The van der Waals surface area contributed by atoms with Crippen LogP contribution in [0.1, 0.15) is 29.7 Å². The largest absolute Gasteiger partial charge is 0.508 e. The predicted octanol–water partition coefficient (Wildman–Crippen LogP) is 1.97. The molecule has 1 saturated heterocycles. The third kappa shape index (κ3) is 3.09. The van der Waals surface area contributed by atoms with Crippen molar-refractivity contribution in [1.82, 2.24) is 9.88 Å². The summed E-state index contributed by atoms with van der Waals surface area (Å²) in [5.41, 5.74) is 9.43. The Labute approximate surface area is 157 Å². The Bertz CT molecular complexity index is 928. The highest BCUT2D eigenvalue weighted by molar-refractivity contribution is 5.83. The highest BCUT2D eigenvalue weighted by atomic mass is 16.5. The van der Waals surface area contributed by atoms with E-state index in [4.69, 9.17) is 10.5 Å². The Morgan fingerprint density at radius 2 is 2.15 bits per heavy atom. The van der Waals surface area contributed by atoms with Gasteiger partial charge >= 0.3 is 0 Å². The van der Waals surface area contributed by atoms with E-state index >= 15 is 0 Å². The Morgan fingerprint density at radius 3 is 2.81 bits per heavy atom. The summed E-state index contributed by atoms with van der Waals surface area (Å²) < 4.78 is 5.54. The molecule has 138 valence electrons. The molecule has 0 radical (unpaired) electrons. The molecule has 1 aromatic carbocycles. The lowest BCUT2D eigenvalue weighted by Crippen LogP contribution is -2.42.